The molecule has 0 fully saturated rings. The van der Waals surface area contributed by atoms with Gasteiger partial charge in [-0.15, -0.1) is 4.33 Å². The number of hydrogen-bond acceptors (Lipinski definition) is 8. The third kappa shape index (κ3) is 9.00. The molecule has 0 heterocycles. The zero-order valence-electron chi connectivity index (χ0n) is 22.4. The fourth-order valence-corrected chi connectivity index (χ4v) is 5.72. The Bertz CT molecular complexity index is 1500. The fourth-order valence-electron chi connectivity index (χ4n) is 3.62. The van der Waals surface area contributed by atoms with Crippen LogP contribution in [0, 0.1) is 27.7 Å². The summed E-state index contributed by atoms with van der Waals surface area (Å²) < 4.78 is 53.5. The van der Waals surface area contributed by atoms with Gasteiger partial charge in [0.25, 0.3) is 0 Å². The fraction of sp³-hybridized carbons (Fsp3) is 0.172. The van der Waals surface area contributed by atoms with E-state index in [-0.39, 0.29) is 0 Å². The zero-order chi connectivity index (χ0) is 29.3. The van der Waals surface area contributed by atoms with Crippen LogP contribution in [0.3, 0.4) is 0 Å². The molecule has 212 valence electrons. The van der Waals surface area contributed by atoms with Crippen LogP contribution in [0.1, 0.15) is 33.4 Å². The van der Waals surface area contributed by atoms with E-state index in [1.165, 1.54) is 0 Å². The number of sulfone groups is 1. The van der Waals surface area contributed by atoms with Crippen molar-refractivity contribution < 1.29 is 36.0 Å². The summed E-state index contributed by atoms with van der Waals surface area (Å²) in [5.41, 5.74) is 5.82. The molecule has 0 saturated heterocycles. The Morgan fingerprint density at radius 1 is 0.750 bits per heavy atom. The van der Waals surface area contributed by atoms with Gasteiger partial charge in [0, 0.05) is 4.90 Å². The molecule has 0 aliphatic heterocycles. The lowest BCUT2D eigenvalue weighted by atomic mass is 10.0. The van der Waals surface area contributed by atoms with Gasteiger partial charge in [-0.3, -0.25) is 4.55 Å². The van der Waals surface area contributed by atoms with Gasteiger partial charge in [0.15, 0.2) is 0 Å². The highest BCUT2D eigenvalue weighted by Gasteiger charge is 2.16. The third-order valence-electron chi connectivity index (χ3n) is 5.89. The van der Waals surface area contributed by atoms with Crippen molar-refractivity contribution in [2.24, 2.45) is 0 Å². The summed E-state index contributed by atoms with van der Waals surface area (Å²) in [6.45, 7) is 7.59. The van der Waals surface area contributed by atoms with Gasteiger partial charge in [-0.25, -0.2) is 13.7 Å². The maximum absolute atomic E-state index is 12.3. The second-order valence-corrected chi connectivity index (χ2v) is 12.3. The first-order valence-corrected chi connectivity index (χ1v) is 15.3. The largest absolute Gasteiger partial charge is 0.380 e. The average Bonchev–Trinajstić information content (AvgIpc) is 2.91. The van der Waals surface area contributed by atoms with Crippen LogP contribution < -0.4 is 4.18 Å². The van der Waals surface area contributed by atoms with Gasteiger partial charge < -0.3 is 4.18 Å². The highest BCUT2D eigenvalue weighted by atomic mass is 32.2. The van der Waals surface area contributed by atoms with Crippen molar-refractivity contribution in [1.82, 2.24) is 0 Å². The number of hydrogen-bond donors (Lipinski definition) is 2. The number of rotatable bonds is 9. The molecule has 4 aromatic rings. The summed E-state index contributed by atoms with van der Waals surface area (Å²) in [5.74, 6) is 0.377. The second-order valence-electron chi connectivity index (χ2n) is 9.03. The molecule has 4 aromatic carbocycles. The Balaban J connectivity index is 0.000000230. The van der Waals surface area contributed by atoms with Gasteiger partial charge in [0.1, 0.15) is 5.75 Å². The van der Waals surface area contributed by atoms with Crippen molar-refractivity contribution in [1.29, 1.82) is 0 Å². The molecule has 0 saturated carbocycles. The number of aryl methyl sites for hydroxylation is 4. The van der Waals surface area contributed by atoms with Crippen LogP contribution in [-0.2, 0) is 37.0 Å². The molecule has 8 nitrogen and oxygen atoms in total. The number of benzene rings is 4. The summed E-state index contributed by atoms with van der Waals surface area (Å²) in [5, 5.41) is 11.9. The first kappa shape index (κ1) is 31.5. The molecular weight excluding hydrogens is 573 g/mol. The lowest BCUT2D eigenvalue weighted by Crippen LogP contribution is -2.01. The van der Waals surface area contributed by atoms with Gasteiger partial charge in [-0.2, -0.15) is 4.21 Å². The second kappa shape index (κ2) is 14.6. The molecule has 40 heavy (non-hydrogen) atoms. The summed E-state index contributed by atoms with van der Waals surface area (Å²) in [4.78, 5) is 1.50. The van der Waals surface area contributed by atoms with Gasteiger partial charge in [-0.05, 0) is 92.8 Å². The van der Waals surface area contributed by atoms with E-state index in [9.17, 15) is 12.6 Å². The quantitative estimate of drug-likeness (QED) is 0.0905. The summed E-state index contributed by atoms with van der Waals surface area (Å²) >= 11 is -1.43. The predicted octanol–water partition coefficient (Wildman–Crippen LogP) is 6.97. The van der Waals surface area contributed by atoms with Gasteiger partial charge in [0.2, 0.25) is 9.84 Å². The van der Waals surface area contributed by atoms with Crippen LogP contribution in [0.25, 0.3) is 0 Å². The van der Waals surface area contributed by atoms with Crippen LogP contribution in [0.15, 0.2) is 99.6 Å². The highest BCUT2D eigenvalue weighted by Crippen LogP contribution is 2.27. The zero-order valence-corrected chi connectivity index (χ0v) is 24.8. The molecule has 11 heteroatoms. The molecule has 0 amide bonds. The lowest BCUT2D eigenvalue weighted by Gasteiger charge is -2.09. The maximum atomic E-state index is 12.3. The van der Waals surface area contributed by atoms with Gasteiger partial charge >= 0.3 is 11.4 Å². The van der Waals surface area contributed by atoms with E-state index in [4.69, 9.17) is 14.0 Å². The summed E-state index contributed by atoms with van der Waals surface area (Å²) in [6.07, 6.45) is 0.614. The molecule has 0 aliphatic carbocycles. The van der Waals surface area contributed by atoms with Crippen molar-refractivity contribution in [2.45, 2.75) is 48.8 Å². The molecule has 0 bridgehead atoms. The van der Waals surface area contributed by atoms with Crippen LogP contribution in [-0.4, -0.2) is 22.4 Å². The third-order valence-corrected chi connectivity index (χ3v) is 8.75. The minimum Gasteiger partial charge on any atom is -0.380 e. The first-order valence-electron chi connectivity index (χ1n) is 12.0. The Morgan fingerprint density at radius 2 is 1.25 bits per heavy atom. The molecule has 0 aromatic heterocycles. The van der Waals surface area contributed by atoms with Crippen LogP contribution in [0.4, 0.5) is 0 Å². The minimum absolute atomic E-state index is 0.340. The molecule has 0 radical (unpaired) electrons. The van der Waals surface area contributed by atoms with E-state index in [1.54, 1.807) is 61.5 Å². The van der Waals surface area contributed by atoms with E-state index in [2.05, 4.69) is 9.37 Å². The highest BCUT2D eigenvalue weighted by molar-refractivity contribution is 7.94. The molecule has 0 spiro atoms. The molecular formula is C29H30O8S3. The Kier molecular flexibility index (Phi) is 11.5. The predicted molar refractivity (Wildman–Crippen MR) is 155 cm³/mol. The summed E-state index contributed by atoms with van der Waals surface area (Å²) in [6, 6.07) is 25.1. The van der Waals surface area contributed by atoms with Crippen molar-refractivity contribution in [2.75, 3.05) is 0 Å². The molecule has 4 rings (SSSR count). The summed E-state index contributed by atoms with van der Waals surface area (Å²) in [7, 11) is -3.37. The van der Waals surface area contributed by atoms with E-state index in [0.717, 1.165) is 50.3 Å². The monoisotopic (exact) mass is 602 g/mol. The Labute approximate surface area is 241 Å². The van der Waals surface area contributed by atoms with E-state index in [0.29, 0.717) is 22.0 Å². The van der Waals surface area contributed by atoms with Crippen molar-refractivity contribution >= 4 is 33.2 Å². The molecule has 0 aliphatic rings. The minimum atomic E-state index is -3.37. The maximum Gasteiger partial charge on any atom is 0.357 e. The van der Waals surface area contributed by atoms with Crippen molar-refractivity contribution in [3.63, 3.8) is 0 Å². The molecule has 1 unspecified atom stereocenters. The van der Waals surface area contributed by atoms with Crippen LogP contribution in [0.5, 0.6) is 5.75 Å². The van der Waals surface area contributed by atoms with Crippen molar-refractivity contribution in [3.8, 4) is 5.75 Å². The topological polar surface area (TPSA) is 119 Å². The first-order chi connectivity index (χ1) is 19.0. The Hall–Kier alpha value is -3.03. The van der Waals surface area contributed by atoms with Crippen LogP contribution in [0.2, 0.25) is 0 Å². The normalized spacial score (nSPS) is 11.8. The van der Waals surface area contributed by atoms with Gasteiger partial charge in [-0.1, -0.05) is 64.7 Å². The van der Waals surface area contributed by atoms with E-state index in [1.807, 2.05) is 51.1 Å². The average molecular weight is 603 g/mol. The van der Waals surface area contributed by atoms with E-state index >= 15 is 0 Å². The van der Waals surface area contributed by atoms with Crippen molar-refractivity contribution in [3.05, 3.63) is 118 Å². The Morgan fingerprint density at radius 3 is 1.75 bits per heavy atom. The smallest absolute Gasteiger partial charge is 0.357 e. The standard InChI is InChI=1S/C15H16O6S2.C14H14O2S/c1-10-3-5-12(8-14(10)19-23(17)18)7-13-6-4-11(2)15(9-13)22-21-20-16;1-11-3-7-13(8-4-11)17(15,16)14-9-5-12(2)6-10-14/h3-6,8-9,16H,7H2,1-2H3,(H,17,18);3-10H,1-2H3. The SMILES string of the molecule is Cc1ccc(Cc2ccc(C)c(SOOO)c2)cc1OS(=O)O.Cc1ccc(S(=O)(=O)c2ccc(C)cc2)cc1. The lowest BCUT2D eigenvalue weighted by molar-refractivity contribution is -0.432. The molecule has 2 N–H and O–H groups in total. The molecule has 1 atom stereocenters. The van der Waals surface area contributed by atoms with Crippen LogP contribution >= 0.6 is 12.0 Å². The van der Waals surface area contributed by atoms with E-state index < -0.39 is 21.2 Å². The van der Waals surface area contributed by atoms with Gasteiger partial charge in [0.05, 0.1) is 21.8 Å².